The maximum atomic E-state index is 11.7. The Morgan fingerprint density at radius 2 is 1.41 bits per heavy atom. The molecule has 0 amide bonds. The molecule has 6 heteroatoms. The molecule has 0 radical (unpaired) electrons. The van der Waals surface area contributed by atoms with Gasteiger partial charge in [-0.3, -0.25) is 0 Å². The molecule has 2 aromatic carbocycles. The minimum Gasteiger partial charge on any atom is -0.491 e. The van der Waals surface area contributed by atoms with E-state index in [0.717, 1.165) is 36.0 Å². The molecule has 34 heavy (non-hydrogen) atoms. The van der Waals surface area contributed by atoms with Crippen LogP contribution in [0.5, 0.6) is 5.75 Å². The summed E-state index contributed by atoms with van der Waals surface area (Å²) >= 11 is 0. The molecule has 2 rings (SSSR count). The van der Waals surface area contributed by atoms with Gasteiger partial charge >= 0.3 is 11.9 Å². The van der Waals surface area contributed by atoms with E-state index in [1.54, 1.807) is 13.8 Å². The Morgan fingerprint density at radius 1 is 0.794 bits per heavy atom. The predicted molar refractivity (Wildman–Crippen MR) is 133 cm³/mol. The summed E-state index contributed by atoms with van der Waals surface area (Å²) in [5.74, 6) is -0.0998. The fourth-order valence-corrected chi connectivity index (χ4v) is 3.21. The lowest BCUT2D eigenvalue weighted by Gasteiger charge is -2.14. The third kappa shape index (κ3) is 8.87. The SMILES string of the molecule is C=C(C)C(=O)OCCCCc1ccc(-c2ccc(OCCO)c(CCOC(=O)C(=C)C)c2)cc1. The summed E-state index contributed by atoms with van der Waals surface area (Å²) in [4.78, 5) is 23.1. The van der Waals surface area contributed by atoms with Gasteiger partial charge in [0.25, 0.3) is 0 Å². The van der Waals surface area contributed by atoms with Crippen LogP contribution in [0, 0.1) is 0 Å². The van der Waals surface area contributed by atoms with Gasteiger partial charge in [0.05, 0.1) is 19.8 Å². The van der Waals surface area contributed by atoms with Crippen LogP contribution in [-0.2, 0) is 31.9 Å². The second kappa shape index (κ2) is 14.0. The zero-order chi connectivity index (χ0) is 24.9. The molecule has 0 bridgehead atoms. The Morgan fingerprint density at radius 3 is 2.03 bits per heavy atom. The van der Waals surface area contributed by atoms with Crippen LogP contribution in [0.15, 0.2) is 66.8 Å². The van der Waals surface area contributed by atoms with Crippen LogP contribution in [-0.4, -0.2) is 43.5 Å². The van der Waals surface area contributed by atoms with E-state index in [9.17, 15) is 9.59 Å². The molecule has 2 aromatic rings. The average Bonchev–Trinajstić information content (AvgIpc) is 2.83. The van der Waals surface area contributed by atoms with Crippen molar-refractivity contribution in [3.63, 3.8) is 0 Å². The van der Waals surface area contributed by atoms with E-state index >= 15 is 0 Å². The normalized spacial score (nSPS) is 10.4. The van der Waals surface area contributed by atoms with Crippen LogP contribution in [0.1, 0.15) is 37.8 Å². The van der Waals surface area contributed by atoms with E-state index in [1.165, 1.54) is 5.56 Å². The molecule has 0 heterocycles. The molecule has 0 saturated carbocycles. The molecule has 0 atom stereocenters. The second-order valence-electron chi connectivity index (χ2n) is 8.13. The van der Waals surface area contributed by atoms with Crippen molar-refractivity contribution in [2.24, 2.45) is 0 Å². The van der Waals surface area contributed by atoms with Crippen molar-refractivity contribution in [2.45, 2.75) is 39.5 Å². The third-order valence-electron chi connectivity index (χ3n) is 5.09. The maximum absolute atomic E-state index is 11.7. The van der Waals surface area contributed by atoms with Gasteiger partial charge in [-0.2, -0.15) is 0 Å². The fraction of sp³-hybridized carbons (Fsp3) is 0.357. The number of benzene rings is 2. The van der Waals surface area contributed by atoms with Gasteiger partial charge in [0.1, 0.15) is 12.4 Å². The molecule has 0 saturated heterocycles. The Balaban J connectivity index is 1.99. The largest absolute Gasteiger partial charge is 0.491 e. The number of aryl methyl sites for hydroxylation is 1. The zero-order valence-electron chi connectivity index (χ0n) is 20.1. The number of hydrogen-bond donors (Lipinski definition) is 1. The van der Waals surface area contributed by atoms with Gasteiger partial charge in [-0.1, -0.05) is 43.5 Å². The Hall–Kier alpha value is -3.38. The molecule has 0 fully saturated rings. The molecule has 182 valence electrons. The number of esters is 2. The number of carbonyl (C=O) groups is 2. The monoisotopic (exact) mass is 466 g/mol. The standard InChI is InChI=1S/C28H34O6/c1-20(2)27(30)33-16-6-5-7-22-8-10-23(11-9-22)24-12-13-26(32-18-15-29)25(19-24)14-17-34-28(31)21(3)4/h8-13,19,29H,1,3,5-7,14-18H2,2,4H3. The quantitative estimate of drug-likeness (QED) is 0.244. The fourth-order valence-electron chi connectivity index (χ4n) is 3.21. The number of aliphatic hydroxyl groups excluding tert-OH is 1. The van der Waals surface area contributed by atoms with E-state index in [-0.39, 0.29) is 25.8 Å². The highest BCUT2D eigenvalue weighted by Gasteiger charge is 2.10. The molecular weight excluding hydrogens is 432 g/mol. The van der Waals surface area contributed by atoms with Gasteiger partial charge in [0.2, 0.25) is 0 Å². The predicted octanol–water partition coefficient (Wildman–Crippen LogP) is 4.83. The first-order valence-electron chi connectivity index (χ1n) is 11.4. The van der Waals surface area contributed by atoms with Crippen LogP contribution < -0.4 is 4.74 Å². The molecule has 0 aliphatic heterocycles. The lowest BCUT2D eigenvalue weighted by Crippen LogP contribution is -2.10. The van der Waals surface area contributed by atoms with Gasteiger partial charge in [-0.05, 0) is 67.5 Å². The number of hydrogen-bond acceptors (Lipinski definition) is 6. The summed E-state index contributed by atoms with van der Waals surface area (Å²) in [6.45, 7) is 11.1. The molecule has 0 unspecified atom stereocenters. The molecular formula is C28H34O6. The van der Waals surface area contributed by atoms with Crippen LogP contribution in [0.2, 0.25) is 0 Å². The second-order valence-corrected chi connectivity index (χ2v) is 8.13. The smallest absolute Gasteiger partial charge is 0.333 e. The van der Waals surface area contributed by atoms with Gasteiger partial charge < -0.3 is 19.3 Å². The van der Waals surface area contributed by atoms with Crippen molar-refractivity contribution in [2.75, 3.05) is 26.4 Å². The first-order valence-corrected chi connectivity index (χ1v) is 11.4. The van der Waals surface area contributed by atoms with Crippen molar-refractivity contribution < 1.29 is 28.9 Å². The Kier molecular flexibility index (Phi) is 11.1. The Bertz CT molecular complexity index is 990. The number of ether oxygens (including phenoxy) is 3. The number of carbonyl (C=O) groups excluding carboxylic acids is 2. The molecule has 0 aliphatic rings. The summed E-state index contributed by atoms with van der Waals surface area (Å²) in [5, 5.41) is 9.10. The summed E-state index contributed by atoms with van der Waals surface area (Å²) < 4.78 is 16.0. The van der Waals surface area contributed by atoms with Crippen molar-refractivity contribution >= 4 is 11.9 Å². The topological polar surface area (TPSA) is 82.1 Å². The summed E-state index contributed by atoms with van der Waals surface area (Å²) in [6.07, 6.45) is 3.11. The Labute approximate surface area is 201 Å². The van der Waals surface area contributed by atoms with Crippen LogP contribution in [0.3, 0.4) is 0 Å². The molecule has 0 aliphatic carbocycles. The molecule has 0 spiro atoms. The van der Waals surface area contributed by atoms with Crippen molar-refractivity contribution in [3.8, 4) is 16.9 Å². The number of unbranched alkanes of at least 4 members (excludes halogenated alkanes) is 1. The molecule has 0 aromatic heterocycles. The van der Waals surface area contributed by atoms with E-state index in [1.807, 2.05) is 18.2 Å². The maximum Gasteiger partial charge on any atom is 0.333 e. The van der Waals surface area contributed by atoms with Gasteiger partial charge in [0.15, 0.2) is 0 Å². The van der Waals surface area contributed by atoms with Gasteiger partial charge in [-0.15, -0.1) is 0 Å². The van der Waals surface area contributed by atoms with E-state index in [4.69, 9.17) is 19.3 Å². The van der Waals surface area contributed by atoms with E-state index < -0.39 is 5.97 Å². The minimum atomic E-state index is -0.418. The van der Waals surface area contributed by atoms with Gasteiger partial charge in [-0.25, -0.2) is 9.59 Å². The highest BCUT2D eigenvalue weighted by atomic mass is 16.5. The lowest BCUT2D eigenvalue weighted by molar-refractivity contribution is -0.139. The third-order valence-corrected chi connectivity index (χ3v) is 5.09. The highest BCUT2D eigenvalue weighted by molar-refractivity contribution is 5.87. The first-order chi connectivity index (χ1) is 16.3. The van der Waals surface area contributed by atoms with Crippen molar-refractivity contribution in [3.05, 3.63) is 77.9 Å². The van der Waals surface area contributed by atoms with E-state index in [0.29, 0.717) is 29.9 Å². The number of rotatable bonds is 14. The van der Waals surface area contributed by atoms with Crippen molar-refractivity contribution in [1.29, 1.82) is 0 Å². The van der Waals surface area contributed by atoms with E-state index in [2.05, 4.69) is 37.4 Å². The van der Waals surface area contributed by atoms with Crippen LogP contribution in [0.4, 0.5) is 0 Å². The molecule has 1 N–H and O–H groups in total. The van der Waals surface area contributed by atoms with Gasteiger partial charge in [0, 0.05) is 17.6 Å². The lowest BCUT2D eigenvalue weighted by atomic mass is 9.99. The average molecular weight is 467 g/mol. The first kappa shape index (κ1) is 26.9. The van der Waals surface area contributed by atoms with Crippen LogP contribution >= 0.6 is 0 Å². The zero-order valence-corrected chi connectivity index (χ0v) is 20.1. The minimum absolute atomic E-state index is 0.0797. The summed E-state index contributed by atoms with van der Waals surface area (Å²) in [6, 6.07) is 14.2. The number of aliphatic hydroxyl groups is 1. The van der Waals surface area contributed by atoms with Crippen LogP contribution in [0.25, 0.3) is 11.1 Å². The van der Waals surface area contributed by atoms with Crippen molar-refractivity contribution in [1.82, 2.24) is 0 Å². The molecule has 6 nitrogen and oxygen atoms in total. The summed E-state index contributed by atoms with van der Waals surface area (Å²) in [5.41, 5.74) is 4.97. The summed E-state index contributed by atoms with van der Waals surface area (Å²) in [7, 11) is 0. The highest BCUT2D eigenvalue weighted by Crippen LogP contribution is 2.28.